The number of benzene rings is 2. The number of aromatic amines is 1. The maximum Gasteiger partial charge on any atom is 0.260 e. The van der Waals surface area contributed by atoms with Crippen molar-refractivity contribution in [3.05, 3.63) is 52.4 Å². The molecule has 0 saturated heterocycles. The molecule has 0 spiro atoms. The predicted molar refractivity (Wildman–Crippen MR) is 114 cm³/mol. The number of nitrogens with one attached hydrogen (secondary N) is 2. The summed E-state index contributed by atoms with van der Waals surface area (Å²) in [7, 11) is 3.16. The Bertz CT molecular complexity index is 1270. The van der Waals surface area contributed by atoms with Crippen LogP contribution in [0.5, 0.6) is 11.5 Å². The predicted octanol–water partition coefficient (Wildman–Crippen LogP) is 2.95. The minimum Gasteiger partial charge on any atom is -0.494 e. The first-order chi connectivity index (χ1) is 14.6. The van der Waals surface area contributed by atoms with Gasteiger partial charge in [-0.3, -0.25) is 15.1 Å². The van der Waals surface area contributed by atoms with E-state index in [1.165, 1.54) is 7.11 Å². The van der Waals surface area contributed by atoms with Crippen molar-refractivity contribution in [3.63, 3.8) is 0 Å². The largest absolute Gasteiger partial charge is 0.494 e. The topological polar surface area (TPSA) is 111 Å². The van der Waals surface area contributed by atoms with Gasteiger partial charge in [-0.05, 0) is 37.3 Å². The van der Waals surface area contributed by atoms with Crippen molar-refractivity contribution in [2.45, 2.75) is 6.92 Å². The molecular weight excluding hydrogens is 386 g/mol. The van der Waals surface area contributed by atoms with Gasteiger partial charge < -0.3 is 14.2 Å². The number of aryl methyl sites for hydroxylation is 1. The van der Waals surface area contributed by atoms with Gasteiger partial charge in [-0.15, -0.1) is 0 Å². The number of anilines is 2. The fraction of sp³-hybridized carbons (Fsp3) is 0.238. The molecule has 9 nitrogen and oxygen atoms in total. The van der Waals surface area contributed by atoms with E-state index in [2.05, 4.69) is 25.3 Å². The number of ether oxygens (including phenoxy) is 3. The number of aromatic nitrogens is 4. The number of para-hydroxylation sites is 1. The van der Waals surface area contributed by atoms with Crippen LogP contribution < -0.4 is 20.3 Å². The highest BCUT2D eigenvalue weighted by Crippen LogP contribution is 2.25. The molecule has 0 aliphatic heterocycles. The Balaban J connectivity index is 1.67. The molecule has 9 heteroatoms. The lowest BCUT2D eigenvalue weighted by Gasteiger charge is -2.10. The number of methoxy groups -OCH3 is 2. The molecule has 0 saturated carbocycles. The quantitative estimate of drug-likeness (QED) is 0.450. The van der Waals surface area contributed by atoms with Crippen molar-refractivity contribution in [3.8, 4) is 11.5 Å². The van der Waals surface area contributed by atoms with E-state index in [4.69, 9.17) is 14.2 Å². The van der Waals surface area contributed by atoms with E-state index in [9.17, 15) is 4.79 Å². The summed E-state index contributed by atoms with van der Waals surface area (Å²) in [6.07, 6.45) is 0. The third-order valence-corrected chi connectivity index (χ3v) is 4.56. The van der Waals surface area contributed by atoms with Crippen LogP contribution in [0.25, 0.3) is 21.8 Å². The molecule has 0 aliphatic carbocycles. The van der Waals surface area contributed by atoms with Crippen LogP contribution in [-0.2, 0) is 4.74 Å². The molecule has 154 valence electrons. The van der Waals surface area contributed by atoms with Crippen LogP contribution in [0.4, 0.5) is 11.9 Å². The summed E-state index contributed by atoms with van der Waals surface area (Å²) in [6, 6.07) is 10.8. The summed E-state index contributed by atoms with van der Waals surface area (Å²) in [5.74, 6) is 1.79. The number of H-pyrrole nitrogens is 1. The van der Waals surface area contributed by atoms with Gasteiger partial charge in [-0.2, -0.15) is 0 Å². The first kappa shape index (κ1) is 19.6. The zero-order chi connectivity index (χ0) is 21.1. The maximum atomic E-state index is 12.4. The maximum absolute atomic E-state index is 12.4. The van der Waals surface area contributed by atoms with Crippen molar-refractivity contribution in [2.24, 2.45) is 0 Å². The Hall–Kier alpha value is -3.72. The van der Waals surface area contributed by atoms with Crippen LogP contribution in [0.1, 0.15) is 5.69 Å². The third kappa shape index (κ3) is 3.87. The highest BCUT2D eigenvalue weighted by molar-refractivity contribution is 5.85. The number of rotatable bonds is 7. The summed E-state index contributed by atoms with van der Waals surface area (Å²) >= 11 is 0. The molecule has 2 heterocycles. The first-order valence-electron chi connectivity index (χ1n) is 9.33. The Morgan fingerprint density at radius 1 is 1.03 bits per heavy atom. The second kappa shape index (κ2) is 8.34. The molecule has 2 aromatic carbocycles. The van der Waals surface area contributed by atoms with E-state index >= 15 is 0 Å². The van der Waals surface area contributed by atoms with Crippen LogP contribution in [-0.4, -0.2) is 47.4 Å². The molecule has 4 rings (SSSR count). The molecule has 0 radical (unpaired) electrons. The van der Waals surface area contributed by atoms with Gasteiger partial charge in [0.15, 0.2) is 0 Å². The lowest BCUT2D eigenvalue weighted by atomic mass is 10.2. The summed E-state index contributed by atoms with van der Waals surface area (Å²) in [5.41, 5.74) is 1.68. The van der Waals surface area contributed by atoms with Gasteiger partial charge in [0.1, 0.15) is 23.6 Å². The van der Waals surface area contributed by atoms with E-state index in [-0.39, 0.29) is 11.5 Å². The molecule has 0 unspecified atom stereocenters. The zero-order valence-electron chi connectivity index (χ0n) is 16.9. The van der Waals surface area contributed by atoms with Gasteiger partial charge >= 0.3 is 0 Å². The van der Waals surface area contributed by atoms with Crippen LogP contribution in [0.15, 0.2) is 41.2 Å². The van der Waals surface area contributed by atoms with Crippen molar-refractivity contribution >= 4 is 33.7 Å². The van der Waals surface area contributed by atoms with E-state index in [1.807, 2.05) is 25.1 Å². The Morgan fingerprint density at radius 2 is 1.90 bits per heavy atom. The van der Waals surface area contributed by atoms with Gasteiger partial charge in [0.2, 0.25) is 11.9 Å². The second-order valence-electron chi connectivity index (χ2n) is 6.55. The molecule has 30 heavy (non-hydrogen) atoms. The smallest absolute Gasteiger partial charge is 0.260 e. The lowest BCUT2D eigenvalue weighted by Crippen LogP contribution is -2.13. The molecule has 0 fully saturated rings. The number of nitrogens with zero attached hydrogens (tertiary/aromatic N) is 3. The Kier molecular flexibility index (Phi) is 5.44. The van der Waals surface area contributed by atoms with Gasteiger partial charge in [0.05, 0.1) is 30.3 Å². The SMILES string of the molecule is COCCOc1ccc2nc(Nc3nc4c(OC)cccc4c(=O)[nH]3)nc(C)c2c1. The van der Waals surface area contributed by atoms with Gasteiger partial charge in [0, 0.05) is 12.5 Å². The average molecular weight is 407 g/mol. The summed E-state index contributed by atoms with van der Waals surface area (Å²) < 4.78 is 16.0. The molecule has 2 N–H and O–H groups in total. The Morgan fingerprint density at radius 3 is 2.70 bits per heavy atom. The van der Waals surface area contributed by atoms with Crippen molar-refractivity contribution in [2.75, 3.05) is 32.8 Å². The second-order valence-corrected chi connectivity index (χ2v) is 6.55. The van der Waals surface area contributed by atoms with Crippen LogP contribution in [0.3, 0.4) is 0 Å². The van der Waals surface area contributed by atoms with E-state index in [0.29, 0.717) is 35.8 Å². The summed E-state index contributed by atoms with van der Waals surface area (Å²) in [6.45, 7) is 2.86. The zero-order valence-corrected chi connectivity index (χ0v) is 16.9. The molecule has 0 bridgehead atoms. The van der Waals surface area contributed by atoms with Gasteiger partial charge in [-0.25, -0.2) is 15.0 Å². The summed E-state index contributed by atoms with van der Waals surface area (Å²) in [5, 5.41) is 4.30. The van der Waals surface area contributed by atoms with Gasteiger partial charge in [0.25, 0.3) is 5.56 Å². The highest BCUT2D eigenvalue weighted by atomic mass is 16.5. The molecular formula is C21H21N5O4. The molecule has 0 atom stereocenters. The van der Waals surface area contributed by atoms with Crippen LogP contribution in [0, 0.1) is 6.92 Å². The highest BCUT2D eigenvalue weighted by Gasteiger charge is 2.11. The first-order valence-corrected chi connectivity index (χ1v) is 9.33. The average Bonchev–Trinajstić information content (AvgIpc) is 2.74. The van der Waals surface area contributed by atoms with Crippen molar-refractivity contribution < 1.29 is 14.2 Å². The normalized spacial score (nSPS) is 11.0. The Labute approximate surface area is 172 Å². The molecule has 0 aliphatic rings. The fourth-order valence-corrected chi connectivity index (χ4v) is 3.11. The van der Waals surface area contributed by atoms with E-state index < -0.39 is 0 Å². The molecule has 2 aromatic heterocycles. The molecule has 0 amide bonds. The number of hydrogen-bond donors (Lipinski definition) is 2. The van der Waals surface area contributed by atoms with Crippen molar-refractivity contribution in [1.82, 2.24) is 19.9 Å². The molecule has 4 aromatic rings. The standard InChI is InChI=1S/C21H21N5O4/c1-12-15-11-13(30-10-9-28-2)7-8-16(15)23-20(22-12)26-21-24-18-14(19(27)25-21)5-4-6-17(18)29-3/h4-8,11H,9-10H2,1-3H3,(H2,22,23,24,25,26,27). The van der Waals surface area contributed by atoms with Crippen LogP contribution in [0.2, 0.25) is 0 Å². The van der Waals surface area contributed by atoms with E-state index in [1.54, 1.807) is 25.3 Å². The van der Waals surface area contributed by atoms with Gasteiger partial charge in [-0.1, -0.05) is 6.07 Å². The minimum atomic E-state index is -0.281. The van der Waals surface area contributed by atoms with Crippen molar-refractivity contribution in [1.29, 1.82) is 0 Å². The minimum absolute atomic E-state index is 0.232. The summed E-state index contributed by atoms with van der Waals surface area (Å²) in [4.78, 5) is 28.6. The monoisotopic (exact) mass is 407 g/mol. The van der Waals surface area contributed by atoms with E-state index in [0.717, 1.165) is 22.3 Å². The number of hydrogen-bond acceptors (Lipinski definition) is 8. The number of fused-ring (bicyclic) bond motifs is 2. The third-order valence-electron chi connectivity index (χ3n) is 4.56. The lowest BCUT2D eigenvalue weighted by molar-refractivity contribution is 0.146. The van der Waals surface area contributed by atoms with Crippen LogP contribution >= 0.6 is 0 Å². The fourth-order valence-electron chi connectivity index (χ4n) is 3.11.